The standard InChI is InChI=1S/C58H36N4/c1-5-15-41(16-6-1)53-37-54(42-17-7-2-8-18-42)60-57(59-53)45-31-27-39(28-32-45)47-23-13-25-49-50-26-14-24-48(52(50)36-35-51(47)49)40-29-33-46(34-30-40)58-61-55(43-19-9-3-10-20-43)38-56(62-58)44-21-11-4-12-22-44/h1-3,5-11,13-38H. The molecule has 0 fully saturated rings. The summed E-state index contributed by atoms with van der Waals surface area (Å²) in [5, 5.41) is 4.83. The van der Waals surface area contributed by atoms with Crippen LogP contribution in [0.3, 0.4) is 0 Å². The van der Waals surface area contributed by atoms with Crippen molar-refractivity contribution in [1.82, 2.24) is 19.9 Å². The first-order valence-electron chi connectivity index (χ1n) is 20.7. The quantitative estimate of drug-likeness (QED) is 0.144. The minimum absolute atomic E-state index is 0.676. The smallest absolute Gasteiger partial charge is 0.160 e. The fraction of sp³-hybridized carbons (Fsp3) is 0. The molecule has 9 aromatic carbocycles. The molecule has 11 aromatic rings. The number of aromatic nitrogens is 4. The largest absolute Gasteiger partial charge is 0.228 e. The predicted octanol–water partition coefficient (Wildman–Crippen LogP) is 14.5. The van der Waals surface area contributed by atoms with Crippen molar-refractivity contribution in [3.8, 4) is 90.1 Å². The van der Waals surface area contributed by atoms with Crippen LogP contribution in [0.1, 0.15) is 0 Å². The van der Waals surface area contributed by atoms with E-state index in [0.29, 0.717) is 11.6 Å². The van der Waals surface area contributed by atoms with Gasteiger partial charge in [0, 0.05) is 33.4 Å². The van der Waals surface area contributed by atoms with Gasteiger partial charge in [-0.15, -0.1) is 0 Å². The lowest BCUT2D eigenvalue weighted by Gasteiger charge is -2.14. The van der Waals surface area contributed by atoms with Crippen molar-refractivity contribution in [2.24, 2.45) is 0 Å². The van der Waals surface area contributed by atoms with Gasteiger partial charge in [-0.2, -0.15) is 0 Å². The van der Waals surface area contributed by atoms with Crippen LogP contribution >= 0.6 is 0 Å². The van der Waals surface area contributed by atoms with Crippen molar-refractivity contribution >= 4 is 21.5 Å². The molecule has 0 radical (unpaired) electrons. The van der Waals surface area contributed by atoms with Gasteiger partial charge in [-0.3, -0.25) is 0 Å². The molecule has 0 saturated heterocycles. The summed E-state index contributed by atoms with van der Waals surface area (Å²) >= 11 is 0. The highest BCUT2D eigenvalue weighted by Crippen LogP contribution is 2.38. The monoisotopic (exact) mass is 788 g/mol. The summed E-state index contributed by atoms with van der Waals surface area (Å²) in [6, 6.07) is 81.8. The van der Waals surface area contributed by atoms with E-state index >= 15 is 0 Å². The topological polar surface area (TPSA) is 51.6 Å². The van der Waals surface area contributed by atoms with E-state index in [0.717, 1.165) is 67.3 Å². The first-order chi connectivity index (χ1) is 30.7. The van der Waals surface area contributed by atoms with Gasteiger partial charge in [-0.25, -0.2) is 19.9 Å². The Balaban J connectivity index is 0.927. The molecule has 0 aliphatic carbocycles. The van der Waals surface area contributed by atoms with Gasteiger partial charge in [0.1, 0.15) is 0 Å². The van der Waals surface area contributed by atoms with Crippen molar-refractivity contribution in [2.75, 3.05) is 0 Å². The average Bonchev–Trinajstić information content (AvgIpc) is 3.37. The Morgan fingerprint density at radius 3 is 1.03 bits per heavy atom. The normalized spacial score (nSPS) is 11.1. The summed E-state index contributed by atoms with van der Waals surface area (Å²) in [7, 11) is 0. The Labute approximate surface area is 360 Å². The van der Waals surface area contributed by atoms with E-state index in [4.69, 9.17) is 19.9 Å². The van der Waals surface area contributed by atoms with E-state index in [1.54, 1.807) is 0 Å². The van der Waals surface area contributed by atoms with Gasteiger partial charge in [0.2, 0.25) is 0 Å². The molecule has 4 heteroatoms. The average molecular weight is 789 g/mol. The van der Waals surface area contributed by atoms with Crippen molar-refractivity contribution in [1.29, 1.82) is 0 Å². The van der Waals surface area contributed by atoms with Crippen LogP contribution in [-0.4, -0.2) is 19.9 Å². The van der Waals surface area contributed by atoms with Gasteiger partial charge in [0.15, 0.2) is 11.6 Å². The van der Waals surface area contributed by atoms with E-state index in [1.807, 2.05) is 78.9 Å². The first kappa shape index (κ1) is 36.6. The van der Waals surface area contributed by atoms with Crippen LogP contribution < -0.4 is 0 Å². The highest BCUT2D eigenvalue weighted by molar-refractivity contribution is 6.15. The summed E-state index contributed by atoms with van der Waals surface area (Å²) in [6.45, 7) is 0. The fourth-order valence-corrected chi connectivity index (χ4v) is 8.30. The molecule has 2 aromatic heterocycles. The lowest BCUT2D eigenvalue weighted by Crippen LogP contribution is -1.96. The number of benzene rings is 8. The number of hydrogen-bond acceptors (Lipinski definition) is 4. The molecule has 0 unspecified atom stereocenters. The molecule has 0 aliphatic rings. The molecule has 0 spiro atoms. The van der Waals surface area contributed by atoms with Gasteiger partial charge in [-0.1, -0.05) is 200 Å². The Morgan fingerprint density at radius 1 is 0.258 bits per heavy atom. The van der Waals surface area contributed by atoms with E-state index in [2.05, 4.69) is 152 Å². The minimum Gasteiger partial charge on any atom is -0.228 e. The van der Waals surface area contributed by atoms with Gasteiger partial charge >= 0.3 is 0 Å². The molecule has 288 valence electrons. The van der Waals surface area contributed by atoms with Crippen LogP contribution in [0, 0.1) is 12.1 Å². The molecule has 0 atom stereocenters. The molecular formula is C58H36N4. The Hall–Kier alpha value is -8.52. The van der Waals surface area contributed by atoms with Crippen LogP contribution in [0.25, 0.3) is 112 Å². The second-order valence-corrected chi connectivity index (χ2v) is 15.3. The summed E-state index contributed by atoms with van der Waals surface area (Å²) in [5.41, 5.74) is 14.2. The molecular weight excluding hydrogens is 753 g/mol. The van der Waals surface area contributed by atoms with Crippen LogP contribution in [0.15, 0.2) is 218 Å². The molecule has 2 heterocycles. The van der Waals surface area contributed by atoms with Crippen molar-refractivity contribution in [3.05, 3.63) is 231 Å². The van der Waals surface area contributed by atoms with Gasteiger partial charge < -0.3 is 0 Å². The lowest BCUT2D eigenvalue weighted by molar-refractivity contribution is 1.18. The third-order valence-electron chi connectivity index (χ3n) is 11.4. The highest BCUT2D eigenvalue weighted by atomic mass is 14.9. The Kier molecular flexibility index (Phi) is 9.38. The molecule has 0 bridgehead atoms. The van der Waals surface area contributed by atoms with Crippen LogP contribution in [0.4, 0.5) is 0 Å². The molecule has 62 heavy (non-hydrogen) atoms. The summed E-state index contributed by atoms with van der Waals surface area (Å²) in [5.74, 6) is 1.37. The molecule has 0 N–H and O–H groups in total. The van der Waals surface area contributed by atoms with E-state index in [9.17, 15) is 0 Å². The summed E-state index contributed by atoms with van der Waals surface area (Å²) in [6.07, 6.45) is 0. The SMILES string of the molecule is c1ccc(-c2cc(-c3ccccc3)nc(-c3ccc(-c4cccc5c4ccc4c(-c6ccc(-c7nc(-c8ccccc8)cc(-c8ccccc8)n7)cc6)cccc45)cc3)n2)cc#1. The number of nitrogens with zero attached hydrogens (tertiary/aromatic N) is 4. The molecule has 11 rings (SSSR count). The summed E-state index contributed by atoms with van der Waals surface area (Å²) < 4.78 is 0. The van der Waals surface area contributed by atoms with Gasteiger partial charge in [-0.05, 0) is 74.1 Å². The maximum absolute atomic E-state index is 5.05. The number of fused-ring (bicyclic) bond motifs is 3. The van der Waals surface area contributed by atoms with Gasteiger partial charge in [0.25, 0.3) is 0 Å². The van der Waals surface area contributed by atoms with E-state index in [-0.39, 0.29) is 0 Å². The minimum atomic E-state index is 0.676. The molecule has 0 saturated carbocycles. The van der Waals surface area contributed by atoms with Crippen LogP contribution in [0.5, 0.6) is 0 Å². The van der Waals surface area contributed by atoms with E-state index in [1.165, 1.54) is 32.7 Å². The zero-order chi connectivity index (χ0) is 41.2. The maximum Gasteiger partial charge on any atom is 0.160 e. The second-order valence-electron chi connectivity index (χ2n) is 15.3. The van der Waals surface area contributed by atoms with Crippen LogP contribution in [0.2, 0.25) is 0 Å². The van der Waals surface area contributed by atoms with Crippen molar-refractivity contribution in [2.45, 2.75) is 0 Å². The zero-order valence-electron chi connectivity index (χ0n) is 33.6. The Morgan fingerprint density at radius 2 is 0.645 bits per heavy atom. The third-order valence-corrected chi connectivity index (χ3v) is 11.4. The summed E-state index contributed by atoms with van der Waals surface area (Å²) in [4.78, 5) is 20.2. The first-order valence-corrected chi connectivity index (χ1v) is 20.7. The fourth-order valence-electron chi connectivity index (χ4n) is 8.30. The highest BCUT2D eigenvalue weighted by Gasteiger charge is 2.15. The van der Waals surface area contributed by atoms with Crippen LogP contribution in [-0.2, 0) is 0 Å². The second kappa shape index (κ2) is 15.9. The number of hydrogen-bond donors (Lipinski definition) is 0. The molecule has 0 amide bonds. The molecule has 4 nitrogen and oxygen atoms in total. The lowest BCUT2D eigenvalue weighted by atomic mass is 9.91. The van der Waals surface area contributed by atoms with Crippen molar-refractivity contribution in [3.63, 3.8) is 0 Å². The van der Waals surface area contributed by atoms with E-state index < -0.39 is 0 Å². The van der Waals surface area contributed by atoms with Gasteiger partial charge in [0.05, 0.1) is 22.8 Å². The Bertz CT molecular complexity index is 3010. The third kappa shape index (κ3) is 7.04. The zero-order valence-corrected chi connectivity index (χ0v) is 33.6. The number of rotatable bonds is 8. The maximum atomic E-state index is 5.05. The van der Waals surface area contributed by atoms with Crippen molar-refractivity contribution < 1.29 is 0 Å². The molecule has 0 aliphatic heterocycles. The predicted molar refractivity (Wildman–Crippen MR) is 254 cm³/mol.